The van der Waals surface area contributed by atoms with Gasteiger partial charge in [-0.15, -0.1) is 0 Å². The summed E-state index contributed by atoms with van der Waals surface area (Å²) in [6.45, 7) is 0.849. The van der Waals surface area contributed by atoms with Crippen LogP contribution in [0, 0.1) is 0 Å². The Balaban J connectivity index is 1.39. The van der Waals surface area contributed by atoms with Crippen molar-refractivity contribution in [1.82, 2.24) is 5.32 Å². The largest absolute Gasteiger partial charge is 0.486 e. The van der Waals surface area contributed by atoms with Crippen molar-refractivity contribution in [2.24, 2.45) is 0 Å². The van der Waals surface area contributed by atoms with E-state index in [1.807, 2.05) is 60.7 Å². The summed E-state index contributed by atoms with van der Waals surface area (Å²) in [4.78, 5) is 12.7. The Morgan fingerprint density at radius 3 is 2.07 bits per heavy atom. The first-order valence-corrected chi connectivity index (χ1v) is 9.54. The minimum atomic E-state index is -0.189. The van der Waals surface area contributed by atoms with Crippen LogP contribution < -0.4 is 14.8 Å². The molecule has 142 valence electrons. The molecule has 0 fully saturated rings. The molecule has 0 spiro atoms. The molecule has 0 saturated heterocycles. The van der Waals surface area contributed by atoms with E-state index < -0.39 is 0 Å². The van der Waals surface area contributed by atoms with Gasteiger partial charge in [0.15, 0.2) is 11.5 Å². The first-order chi connectivity index (χ1) is 13.8. The number of para-hydroxylation sites is 2. The molecule has 4 heteroatoms. The molecule has 1 N–H and O–H groups in total. The lowest BCUT2D eigenvalue weighted by Gasteiger charge is -2.26. The highest BCUT2D eigenvalue weighted by Gasteiger charge is 2.22. The van der Waals surface area contributed by atoms with Gasteiger partial charge in [-0.05, 0) is 23.3 Å². The van der Waals surface area contributed by atoms with E-state index in [1.165, 1.54) is 0 Å². The highest BCUT2D eigenvalue weighted by atomic mass is 16.6. The molecule has 0 aromatic heterocycles. The Kier molecular flexibility index (Phi) is 5.57. The van der Waals surface area contributed by atoms with Crippen molar-refractivity contribution < 1.29 is 14.3 Å². The van der Waals surface area contributed by atoms with Crippen molar-refractivity contribution in [3.05, 3.63) is 96.1 Å². The van der Waals surface area contributed by atoms with E-state index in [1.54, 1.807) is 0 Å². The van der Waals surface area contributed by atoms with E-state index in [0.29, 0.717) is 19.6 Å². The maximum absolute atomic E-state index is 12.7. The van der Waals surface area contributed by atoms with Gasteiger partial charge in [0.2, 0.25) is 5.91 Å². The smallest absolute Gasteiger partial charge is 0.221 e. The highest BCUT2D eigenvalue weighted by Crippen LogP contribution is 2.31. The zero-order valence-corrected chi connectivity index (χ0v) is 15.6. The van der Waals surface area contributed by atoms with Crippen LogP contribution in [0.1, 0.15) is 23.5 Å². The molecule has 1 amide bonds. The SMILES string of the molecule is O=C(CC(c1ccccc1)c1ccccc1)NC[C@@H]1COc2ccccc2O1. The lowest BCUT2D eigenvalue weighted by molar-refractivity contribution is -0.121. The highest BCUT2D eigenvalue weighted by molar-refractivity contribution is 5.77. The minimum absolute atomic E-state index is 0.000153. The number of carbonyl (C=O) groups excluding carboxylic acids is 1. The molecule has 0 radical (unpaired) electrons. The molecule has 0 unspecified atom stereocenters. The topological polar surface area (TPSA) is 47.6 Å². The predicted molar refractivity (Wildman–Crippen MR) is 109 cm³/mol. The molecule has 1 aliphatic heterocycles. The predicted octanol–water partition coefficient (Wildman–Crippen LogP) is 4.16. The van der Waals surface area contributed by atoms with Crippen molar-refractivity contribution in [3.8, 4) is 11.5 Å². The van der Waals surface area contributed by atoms with Gasteiger partial charge in [-0.1, -0.05) is 72.8 Å². The number of fused-ring (bicyclic) bond motifs is 1. The average molecular weight is 373 g/mol. The summed E-state index contributed by atoms with van der Waals surface area (Å²) in [7, 11) is 0. The second-order valence-corrected chi connectivity index (χ2v) is 6.88. The fraction of sp³-hybridized carbons (Fsp3) is 0.208. The van der Waals surface area contributed by atoms with Crippen LogP contribution in [0.2, 0.25) is 0 Å². The number of amides is 1. The first kappa shape index (κ1) is 18.1. The van der Waals surface area contributed by atoms with Gasteiger partial charge >= 0.3 is 0 Å². The van der Waals surface area contributed by atoms with Gasteiger partial charge in [0.25, 0.3) is 0 Å². The molecule has 0 bridgehead atoms. The van der Waals surface area contributed by atoms with Crippen molar-refractivity contribution in [3.63, 3.8) is 0 Å². The van der Waals surface area contributed by atoms with E-state index in [2.05, 4.69) is 29.6 Å². The van der Waals surface area contributed by atoms with Gasteiger partial charge in [0.05, 0.1) is 6.54 Å². The molecule has 0 aliphatic carbocycles. The van der Waals surface area contributed by atoms with E-state index >= 15 is 0 Å². The van der Waals surface area contributed by atoms with Gasteiger partial charge in [-0.2, -0.15) is 0 Å². The number of nitrogens with one attached hydrogen (secondary N) is 1. The van der Waals surface area contributed by atoms with Crippen LogP contribution in [0.15, 0.2) is 84.9 Å². The zero-order chi connectivity index (χ0) is 19.2. The van der Waals surface area contributed by atoms with Crippen LogP contribution in [0.25, 0.3) is 0 Å². The summed E-state index contributed by atoms with van der Waals surface area (Å²) in [5.41, 5.74) is 2.27. The van der Waals surface area contributed by atoms with Gasteiger partial charge in [0.1, 0.15) is 12.7 Å². The van der Waals surface area contributed by atoms with E-state index in [4.69, 9.17) is 9.47 Å². The van der Waals surface area contributed by atoms with E-state index in [0.717, 1.165) is 22.6 Å². The molecular formula is C24H23NO3. The number of benzene rings is 3. The maximum atomic E-state index is 12.7. The molecule has 3 aromatic rings. The second kappa shape index (κ2) is 8.61. The number of hydrogen-bond acceptors (Lipinski definition) is 3. The third kappa shape index (κ3) is 4.34. The summed E-state index contributed by atoms with van der Waals surface area (Å²) in [6.07, 6.45) is 0.198. The molecule has 4 nitrogen and oxygen atoms in total. The molecule has 1 heterocycles. The molecule has 0 saturated carbocycles. The summed E-state index contributed by atoms with van der Waals surface area (Å²) in [5, 5.41) is 3.01. The molecule has 28 heavy (non-hydrogen) atoms. The van der Waals surface area contributed by atoms with E-state index in [9.17, 15) is 4.79 Å². The summed E-state index contributed by atoms with van der Waals surface area (Å²) in [5.74, 6) is 1.49. The average Bonchev–Trinajstić information content (AvgIpc) is 2.77. The van der Waals surface area contributed by atoms with Crippen molar-refractivity contribution >= 4 is 5.91 Å². The summed E-state index contributed by atoms with van der Waals surface area (Å²) in [6, 6.07) is 27.9. The monoisotopic (exact) mass is 373 g/mol. The molecule has 1 atom stereocenters. The standard InChI is InChI=1S/C24H23NO3/c26-24(25-16-20-17-27-22-13-7-8-14-23(22)28-20)15-21(18-9-3-1-4-10-18)19-11-5-2-6-12-19/h1-14,20-21H,15-17H2,(H,25,26)/t20-/m1/s1. The van der Waals surface area contributed by atoms with Crippen molar-refractivity contribution in [1.29, 1.82) is 0 Å². The van der Waals surface area contributed by atoms with Crippen LogP contribution in [0.5, 0.6) is 11.5 Å². The van der Waals surface area contributed by atoms with Crippen molar-refractivity contribution in [2.45, 2.75) is 18.4 Å². The summed E-state index contributed by atoms with van der Waals surface area (Å²) >= 11 is 0. The third-order valence-corrected chi connectivity index (χ3v) is 4.89. The Labute approximate surface area is 165 Å². The lowest BCUT2D eigenvalue weighted by Crippen LogP contribution is -2.41. The van der Waals surface area contributed by atoms with Gasteiger partial charge < -0.3 is 14.8 Å². The van der Waals surface area contributed by atoms with Crippen LogP contribution in [0.3, 0.4) is 0 Å². The van der Waals surface area contributed by atoms with Gasteiger partial charge in [-0.3, -0.25) is 4.79 Å². The van der Waals surface area contributed by atoms with E-state index in [-0.39, 0.29) is 17.9 Å². The quantitative estimate of drug-likeness (QED) is 0.706. The van der Waals surface area contributed by atoms with Gasteiger partial charge in [0, 0.05) is 12.3 Å². The Morgan fingerprint density at radius 2 is 1.43 bits per heavy atom. The van der Waals surface area contributed by atoms with Crippen LogP contribution >= 0.6 is 0 Å². The fourth-order valence-electron chi connectivity index (χ4n) is 3.45. The number of hydrogen-bond donors (Lipinski definition) is 1. The summed E-state index contributed by atoms with van der Waals surface area (Å²) < 4.78 is 11.6. The molecule has 3 aromatic carbocycles. The lowest BCUT2D eigenvalue weighted by atomic mass is 9.88. The van der Waals surface area contributed by atoms with Crippen LogP contribution in [-0.2, 0) is 4.79 Å². The number of ether oxygens (including phenoxy) is 2. The Morgan fingerprint density at radius 1 is 0.857 bits per heavy atom. The third-order valence-electron chi connectivity index (χ3n) is 4.89. The maximum Gasteiger partial charge on any atom is 0.221 e. The number of carbonyl (C=O) groups is 1. The van der Waals surface area contributed by atoms with Crippen LogP contribution in [0.4, 0.5) is 0 Å². The Bertz CT molecular complexity index is 872. The zero-order valence-electron chi connectivity index (χ0n) is 15.6. The second-order valence-electron chi connectivity index (χ2n) is 6.88. The fourth-order valence-corrected chi connectivity index (χ4v) is 3.45. The first-order valence-electron chi connectivity index (χ1n) is 9.54. The Hall–Kier alpha value is -3.27. The molecular weight excluding hydrogens is 350 g/mol. The van der Waals surface area contributed by atoms with Gasteiger partial charge in [-0.25, -0.2) is 0 Å². The molecule has 1 aliphatic rings. The normalized spacial score (nSPS) is 15.2. The number of rotatable bonds is 6. The molecule has 4 rings (SSSR count). The van der Waals surface area contributed by atoms with Crippen molar-refractivity contribution in [2.75, 3.05) is 13.2 Å². The minimum Gasteiger partial charge on any atom is -0.486 e. The van der Waals surface area contributed by atoms with Crippen LogP contribution in [-0.4, -0.2) is 25.2 Å².